The molecular formula is C31H26N2O2. The number of amides is 1. The van der Waals surface area contributed by atoms with E-state index in [0.29, 0.717) is 0 Å². The molecule has 35 heavy (non-hydrogen) atoms. The van der Waals surface area contributed by atoms with Crippen LogP contribution >= 0.6 is 0 Å². The van der Waals surface area contributed by atoms with Crippen molar-refractivity contribution in [1.29, 1.82) is 0 Å². The van der Waals surface area contributed by atoms with Crippen LogP contribution in [0.25, 0.3) is 5.76 Å². The van der Waals surface area contributed by atoms with Crippen LogP contribution in [0, 0.1) is 6.92 Å². The molecule has 1 aliphatic rings. The van der Waals surface area contributed by atoms with Crippen molar-refractivity contribution in [2.45, 2.75) is 19.8 Å². The monoisotopic (exact) mass is 458 g/mol. The Hall–Kier alpha value is -4.44. The summed E-state index contributed by atoms with van der Waals surface area (Å²) in [5.74, 6) is 1.53. The Bertz CT molecular complexity index is 1420. The molecule has 4 heteroatoms. The Morgan fingerprint density at radius 1 is 0.829 bits per heavy atom. The predicted octanol–water partition coefficient (Wildman–Crippen LogP) is 7.29. The number of aryl methyl sites for hydroxylation is 1. The smallest absolute Gasteiger partial charge is 0.221 e. The number of carbonyl (C=O) groups excluding carboxylic acids is 1. The fraction of sp³-hybridized carbons (Fsp3) is 0.0968. The third-order valence-corrected chi connectivity index (χ3v) is 6.09. The topological polar surface area (TPSA) is 50.7 Å². The van der Waals surface area contributed by atoms with E-state index in [0.717, 1.165) is 39.6 Å². The van der Waals surface area contributed by atoms with Crippen LogP contribution in [-0.4, -0.2) is 12.1 Å². The zero-order valence-corrected chi connectivity index (χ0v) is 19.7. The zero-order chi connectivity index (χ0) is 24.2. The van der Waals surface area contributed by atoms with Crippen molar-refractivity contribution in [2.24, 2.45) is 4.99 Å². The fourth-order valence-electron chi connectivity index (χ4n) is 4.45. The van der Waals surface area contributed by atoms with E-state index >= 15 is 0 Å². The molecule has 1 aliphatic heterocycles. The molecule has 0 bridgehead atoms. The van der Waals surface area contributed by atoms with E-state index in [1.54, 1.807) is 0 Å². The first-order valence-corrected chi connectivity index (χ1v) is 11.6. The van der Waals surface area contributed by atoms with Crippen LogP contribution in [0.15, 0.2) is 114 Å². The van der Waals surface area contributed by atoms with E-state index in [-0.39, 0.29) is 11.8 Å². The summed E-state index contributed by atoms with van der Waals surface area (Å²) >= 11 is 0. The van der Waals surface area contributed by atoms with E-state index < -0.39 is 0 Å². The summed E-state index contributed by atoms with van der Waals surface area (Å²) in [6.07, 6.45) is 1.92. The van der Waals surface area contributed by atoms with Crippen molar-refractivity contribution in [3.05, 3.63) is 131 Å². The average Bonchev–Trinajstić information content (AvgIpc) is 2.88. The molecule has 0 unspecified atom stereocenters. The summed E-state index contributed by atoms with van der Waals surface area (Å²) in [5.41, 5.74) is 7.09. The Kier molecular flexibility index (Phi) is 6.27. The molecular weight excluding hydrogens is 432 g/mol. The van der Waals surface area contributed by atoms with E-state index in [1.807, 2.05) is 60.8 Å². The molecule has 1 N–H and O–H groups in total. The highest BCUT2D eigenvalue weighted by molar-refractivity contribution is 5.95. The van der Waals surface area contributed by atoms with Gasteiger partial charge in [-0.3, -0.25) is 9.79 Å². The van der Waals surface area contributed by atoms with Gasteiger partial charge in [0.05, 0.1) is 5.69 Å². The first-order valence-electron chi connectivity index (χ1n) is 11.6. The first kappa shape index (κ1) is 22.4. The lowest BCUT2D eigenvalue weighted by atomic mass is 9.80. The molecule has 0 aliphatic carbocycles. The Morgan fingerprint density at radius 2 is 1.49 bits per heavy atom. The number of carbonyl (C=O) groups is 1. The van der Waals surface area contributed by atoms with Gasteiger partial charge in [0.25, 0.3) is 0 Å². The average molecular weight is 459 g/mol. The first-order chi connectivity index (χ1) is 17.1. The van der Waals surface area contributed by atoms with Gasteiger partial charge in [-0.15, -0.1) is 0 Å². The lowest BCUT2D eigenvalue weighted by Gasteiger charge is -2.30. The maximum absolute atomic E-state index is 11.3. The molecule has 4 aromatic rings. The third-order valence-electron chi connectivity index (χ3n) is 6.09. The van der Waals surface area contributed by atoms with Gasteiger partial charge in [0.1, 0.15) is 11.5 Å². The van der Waals surface area contributed by atoms with Gasteiger partial charge < -0.3 is 10.1 Å². The van der Waals surface area contributed by atoms with E-state index in [9.17, 15) is 4.79 Å². The number of hydrogen-bond acceptors (Lipinski definition) is 3. The molecule has 4 nitrogen and oxygen atoms in total. The Labute approximate surface area is 205 Å². The van der Waals surface area contributed by atoms with Gasteiger partial charge in [-0.05, 0) is 48.4 Å². The minimum Gasteiger partial charge on any atom is -0.456 e. The SMILES string of the molecule is CC(=O)Nc1ccc(N=CC2=C(c3ccccc3)Oc3ccccc3[C@@H]2c2ccccc2C)cc1. The van der Waals surface area contributed by atoms with E-state index in [2.05, 4.69) is 60.8 Å². The lowest BCUT2D eigenvalue weighted by molar-refractivity contribution is -0.114. The number of nitrogens with one attached hydrogen (secondary N) is 1. The van der Waals surface area contributed by atoms with Gasteiger partial charge in [0.2, 0.25) is 5.91 Å². The number of para-hydroxylation sites is 1. The summed E-state index contributed by atoms with van der Waals surface area (Å²) in [5, 5.41) is 2.79. The number of fused-ring (bicyclic) bond motifs is 1. The highest BCUT2D eigenvalue weighted by atomic mass is 16.5. The molecule has 0 fully saturated rings. The van der Waals surface area contributed by atoms with Crippen molar-refractivity contribution < 1.29 is 9.53 Å². The Morgan fingerprint density at radius 3 is 2.20 bits per heavy atom. The second kappa shape index (κ2) is 9.82. The fourth-order valence-corrected chi connectivity index (χ4v) is 4.45. The molecule has 1 atom stereocenters. The predicted molar refractivity (Wildman–Crippen MR) is 142 cm³/mol. The summed E-state index contributed by atoms with van der Waals surface area (Å²) < 4.78 is 6.51. The van der Waals surface area contributed by atoms with E-state index in [1.165, 1.54) is 18.1 Å². The molecule has 1 amide bonds. The number of benzene rings is 4. The van der Waals surface area contributed by atoms with Crippen LogP contribution in [0.5, 0.6) is 5.75 Å². The third kappa shape index (κ3) is 4.78. The quantitative estimate of drug-likeness (QED) is 0.319. The lowest BCUT2D eigenvalue weighted by Crippen LogP contribution is -2.18. The van der Waals surface area contributed by atoms with Gasteiger partial charge in [0.15, 0.2) is 0 Å². The van der Waals surface area contributed by atoms with Gasteiger partial charge in [-0.25, -0.2) is 0 Å². The number of hydrogen-bond donors (Lipinski definition) is 1. The molecule has 0 radical (unpaired) electrons. The van der Waals surface area contributed by atoms with Crippen LogP contribution in [0.1, 0.15) is 35.1 Å². The van der Waals surface area contributed by atoms with Crippen LogP contribution in [0.3, 0.4) is 0 Å². The molecule has 4 aromatic carbocycles. The number of anilines is 1. The highest BCUT2D eigenvalue weighted by Gasteiger charge is 2.31. The maximum atomic E-state index is 11.3. The standard InChI is InChI=1S/C31H26N2O2/c1-21-10-6-7-13-26(21)30-27-14-8-9-15-29(27)35-31(23-11-4-3-5-12-23)28(30)20-32-24-16-18-25(19-17-24)33-22(2)34/h3-20,30H,1-2H3,(H,33,34)/t30-/m0/s1. The van der Waals surface area contributed by atoms with Crippen LogP contribution in [0.4, 0.5) is 11.4 Å². The number of ether oxygens (including phenoxy) is 1. The second-order valence-corrected chi connectivity index (χ2v) is 8.57. The molecule has 0 spiro atoms. The van der Waals surface area contributed by atoms with Gasteiger partial charge in [-0.1, -0.05) is 72.8 Å². The summed E-state index contributed by atoms with van der Waals surface area (Å²) in [6.45, 7) is 3.64. The Balaban J connectivity index is 1.66. The second-order valence-electron chi connectivity index (χ2n) is 8.57. The van der Waals surface area contributed by atoms with Crippen LogP contribution in [-0.2, 0) is 4.79 Å². The zero-order valence-electron chi connectivity index (χ0n) is 19.7. The van der Waals surface area contributed by atoms with Crippen molar-refractivity contribution in [2.75, 3.05) is 5.32 Å². The summed E-state index contributed by atoms with van der Waals surface area (Å²) in [6, 6.07) is 34.3. The van der Waals surface area contributed by atoms with Gasteiger partial charge in [0, 0.05) is 41.4 Å². The summed E-state index contributed by atoms with van der Waals surface area (Å²) in [4.78, 5) is 16.2. The molecule has 0 saturated heterocycles. The number of nitrogens with zero attached hydrogens (tertiary/aromatic N) is 1. The minimum atomic E-state index is -0.0991. The van der Waals surface area contributed by atoms with Crippen LogP contribution in [0.2, 0.25) is 0 Å². The summed E-state index contributed by atoms with van der Waals surface area (Å²) in [7, 11) is 0. The van der Waals surface area contributed by atoms with Crippen molar-refractivity contribution in [3.8, 4) is 5.75 Å². The molecule has 0 aromatic heterocycles. The number of aliphatic imine (C=N–C) groups is 1. The van der Waals surface area contributed by atoms with Gasteiger partial charge in [-0.2, -0.15) is 0 Å². The van der Waals surface area contributed by atoms with Gasteiger partial charge >= 0.3 is 0 Å². The molecule has 0 saturated carbocycles. The minimum absolute atomic E-state index is 0.0289. The largest absolute Gasteiger partial charge is 0.456 e. The maximum Gasteiger partial charge on any atom is 0.221 e. The van der Waals surface area contributed by atoms with Crippen molar-refractivity contribution in [3.63, 3.8) is 0 Å². The van der Waals surface area contributed by atoms with Crippen LogP contribution < -0.4 is 10.1 Å². The highest BCUT2D eigenvalue weighted by Crippen LogP contribution is 2.45. The van der Waals surface area contributed by atoms with Crippen molar-refractivity contribution in [1.82, 2.24) is 0 Å². The van der Waals surface area contributed by atoms with Crippen molar-refractivity contribution >= 4 is 29.3 Å². The molecule has 5 rings (SSSR count). The number of rotatable bonds is 5. The number of allylic oxidation sites excluding steroid dienone is 1. The molecule has 172 valence electrons. The van der Waals surface area contributed by atoms with E-state index in [4.69, 9.17) is 9.73 Å². The molecule has 1 heterocycles. The normalized spacial score (nSPS) is 15.0.